The molecule has 1 aliphatic heterocycles. The molecule has 1 amide bonds. The Morgan fingerprint density at radius 1 is 1.17 bits per heavy atom. The third-order valence-corrected chi connectivity index (χ3v) is 5.73. The first-order valence-corrected chi connectivity index (χ1v) is 10.2. The summed E-state index contributed by atoms with van der Waals surface area (Å²) in [6.07, 6.45) is 3.91. The minimum atomic E-state index is -0.312. The number of hydrogen-bond acceptors (Lipinski definition) is 2. The summed E-state index contributed by atoms with van der Waals surface area (Å²) in [5.74, 6) is 0.164. The van der Waals surface area contributed by atoms with Crippen molar-refractivity contribution in [2.24, 2.45) is 0 Å². The Bertz CT molecular complexity index is 1080. The van der Waals surface area contributed by atoms with Crippen molar-refractivity contribution in [1.82, 2.24) is 9.55 Å². The van der Waals surface area contributed by atoms with Crippen LogP contribution in [0.5, 0.6) is 0 Å². The van der Waals surface area contributed by atoms with Crippen LogP contribution in [-0.2, 0) is 13.0 Å². The summed E-state index contributed by atoms with van der Waals surface area (Å²) in [5, 5.41) is 0.578. The molecule has 0 bridgehead atoms. The smallest absolute Gasteiger partial charge is 0.278 e. The molecule has 0 atom stereocenters. The van der Waals surface area contributed by atoms with Crippen LogP contribution in [0, 0.1) is 12.7 Å². The van der Waals surface area contributed by atoms with Gasteiger partial charge < -0.3 is 9.47 Å². The number of aromatic nitrogens is 2. The van der Waals surface area contributed by atoms with E-state index in [4.69, 9.17) is 16.6 Å². The fraction of sp³-hybridized carbons (Fsp3) is 0.304. The molecular formula is C23H23ClFN3O. The van der Waals surface area contributed by atoms with E-state index in [0.29, 0.717) is 22.1 Å². The molecular weight excluding hydrogens is 389 g/mol. The van der Waals surface area contributed by atoms with Crippen LogP contribution in [0.4, 0.5) is 10.1 Å². The molecule has 0 saturated heterocycles. The van der Waals surface area contributed by atoms with Gasteiger partial charge in [0.25, 0.3) is 5.91 Å². The summed E-state index contributed by atoms with van der Waals surface area (Å²) in [7, 11) is 1.74. The van der Waals surface area contributed by atoms with Crippen LogP contribution in [0.1, 0.15) is 41.0 Å². The SMILES string of the molecule is Cc1ccc(Cl)cc1N(C)C(=O)c1nc(-c2cccc(F)c2)n2c1CCCCC2. The topological polar surface area (TPSA) is 38.1 Å². The molecule has 0 saturated carbocycles. The number of nitrogens with zero attached hydrogens (tertiary/aromatic N) is 3. The van der Waals surface area contributed by atoms with Gasteiger partial charge in [0.1, 0.15) is 11.6 Å². The fourth-order valence-electron chi connectivity index (χ4n) is 3.95. The van der Waals surface area contributed by atoms with Crippen LogP contribution in [0.25, 0.3) is 11.4 Å². The molecule has 4 rings (SSSR count). The summed E-state index contributed by atoms with van der Waals surface area (Å²) in [6.45, 7) is 2.72. The Morgan fingerprint density at radius 2 is 2.00 bits per heavy atom. The van der Waals surface area contributed by atoms with Gasteiger partial charge in [-0.1, -0.05) is 36.2 Å². The quantitative estimate of drug-likeness (QED) is 0.558. The van der Waals surface area contributed by atoms with Crippen LogP contribution >= 0.6 is 11.6 Å². The van der Waals surface area contributed by atoms with Crippen LogP contribution in [0.15, 0.2) is 42.5 Å². The van der Waals surface area contributed by atoms with Gasteiger partial charge in [-0.2, -0.15) is 0 Å². The Labute approximate surface area is 174 Å². The number of benzene rings is 2. The first-order chi connectivity index (χ1) is 14.0. The predicted octanol–water partition coefficient (Wildman–Crippen LogP) is 5.65. The second kappa shape index (κ2) is 7.99. The van der Waals surface area contributed by atoms with E-state index < -0.39 is 0 Å². The minimum Gasteiger partial charge on any atom is -0.327 e. The Balaban J connectivity index is 1.81. The number of halogens is 2. The van der Waals surface area contributed by atoms with Gasteiger partial charge in [0.2, 0.25) is 0 Å². The zero-order chi connectivity index (χ0) is 20.5. The van der Waals surface area contributed by atoms with Gasteiger partial charge in [-0.15, -0.1) is 0 Å². The molecule has 1 aliphatic rings. The van der Waals surface area contributed by atoms with Crippen LogP contribution in [0.2, 0.25) is 5.02 Å². The number of amides is 1. The van der Waals surface area contributed by atoms with Crippen molar-refractivity contribution in [3.63, 3.8) is 0 Å². The highest BCUT2D eigenvalue weighted by molar-refractivity contribution is 6.31. The third kappa shape index (κ3) is 3.79. The summed E-state index contributed by atoms with van der Waals surface area (Å²) < 4.78 is 15.9. The molecule has 0 aliphatic carbocycles. The highest BCUT2D eigenvalue weighted by atomic mass is 35.5. The summed E-state index contributed by atoms with van der Waals surface area (Å²) in [5.41, 5.74) is 3.77. The Morgan fingerprint density at radius 3 is 2.79 bits per heavy atom. The van der Waals surface area contributed by atoms with Gasteiger partial charge in [-0.25, -0.2) is 9.37 Å². The molecule has 0 N–H and O–H groups in total. The van der Waals surface area contributed by atoms with E-state index in [1.165, 1.54) is 12.1 Å². The first kappa shape index (κ1) is 19.6. The summed E-state index contributed by atoms with van der Waals surface area (Å²) in [4.78, 5) is 19.8. The van der Waals surface area contributed by atoms with Crippen LogP contribution < -0.4 is 4.90 Å². The first-order valence-electron chi connectivity index (χ1n) is 9.85. The van der Waals surface area contributed by atoms with E-state index >= 15 is 0 Å². The van der Waals surface area contributed by atoms with Crippen molar-refractivity contribution in [2.45, 2.75) is 39.2 Å². The minimum absolute atomic E-state index is 0.177. The van der Waals surface area contributed by atoms with Gasteiger partial charge in [0.15, 0.2) is 5.69 Å². The van der Waals surface area contributed by atoms with Crippen molar-refractivity contribution in [3.8, 4) is 11.4 Å². The van der Waals surface area contributed by atoms with E-state index in [9.17, 15) is 9.18 Å². The predicted molar refractivity (Wildman–Crippen MR) is 114 cm³/mol. The van der Waals surface area contributed by atoms with Crippen molar-refractivity contribution >= 4 is 23.2 Å². The lowest BCUT2D eigenvalue weighted by atomic mass is 10.1. The van der Waals surface area contributed by atoms with E-state index in [2.05, 4.69) is 4.57 Å². The van der Waals surface area contributed by atoms with Crippen molar-refractivity contribution < 1.29 is 9.18 Å². The van der Waals surface area contributed by atoms with Crippen LogP contribution in [-0.4, -0.2) is 22.5 Å². The lowest BCUT2D eigenvalue weighted by molar-refractivity contribution is 0.0987. The average Bonchev–Trinajstić information content (AvgIpc) is 2.89. The van der Waals surface area contributed by atoms with Gasteiger partial charge in [0.05, 0.1) is 5.69 Å². The van der Waals surface area contributed by atoms with Crippen molar-refractivity contribution in [1.29, 1.82) is 0 Å². The maximum Gasteiger partial charge on any atom is 0.278 e. The van der Waals surface area contributed by atoms with E-state index in [-0.39, 0.29) is 11.7 Å². The van der Waals surface area contributed by atoms with Gasteiger partial charge >= 0.3 is 0 Å². The lowest BCUT2D eigenvalue weighted by Crippen LogP contribution is -2.28. The maximum absolute atomic E-state index is 13.8. The molecule has 3 aromatic rings. The highest BCUT2D eigenvalue weighted by Gasteiger charge is 2.27. The second-order valence-corrected chi connectivity index (χ2v) is 7.93. The second-order valence-electron chi connectivity index (χ2n) is 7.50. The zero-order valence-electron chi connectivity index (χ0n) is 16.6. The van der Waals surface area contributed by atoms with Gasteiger partial charge in [-0.05, 0) is 56.0 Å². The molecule has 1 aromatic heterocycles. The van der Waals surface area contributed by atoms with Gasteiger partial charge in [0, 0.05) is 29.9 Å². The number of aryl methyl sites for hydroxylation is 1. The van der Waals surface area contributed by atoms with E-state index in [1.54, 1.807) is 24.1 Å². The van der Waals surface area contributed by atoms with Crippen molar-refractivity contribution in [3.05, 3.63) is 70.3 Å². The Kier molecular flexibility index (Phi) is 5.41. The normalized spacial score (nSPS) is 13.7. The number of anilines is 1. The maximum atomic E-state index is 13.8. The zero-order valence-corrected chi connectivity index (χ0v) is 17.3. The standard InChI is InChI=1S/C23H23ClFN3O/c1-15-10-11-17(24)14-20(15)27(2)23(29)21-19-9-4-3-5-12-28(19)22(26-21)16-7-6-8-18(25)13-16/h6-8,10-11,13-14H,3-5,9,12H2,1-2H3. The van der Waals surface area contributed by atoms with Crippen molar-refractivity contribution in [2.75, 3.05) is 11.9 Å². The number of carbonyl (C=O) groups is 1. The van der Waals surface area contributed by atoms with Gasteiger partial charge in [-0.3, -0.25) is 4.79 Å². The molecule has 6 heteroatoms. The fourth-order valence-corrected chi connectivity index (χ4v) is 4.12. The molecule has 0 spiro atoms. The highest BCUT2D eigenvalue weighted by Crippen LogP contribution is 2.30. The van der Waals surface area contributed by atoms with Crippen LogP contribution in [0.3, 0.4) is 0 Å². The number of rotatable bonds is 3. The lowest BCUT2D eigenvalue weighted by Gasteiger charge is -2.19. The molecule has 150 valence electrons. The summed E-state index contributed by atoms with van der Waals surface area (Å²) in [6, 6.07) is 11.9. The van der Waals surface area contributed by atoms with E-state index in [1.807, 2.05) is 25.1 Å². The number of hydrogen-bond donors (Lipinski definition) is 0. The number of carbonyl (C=O) groups excluding carboxylic acids is 1. The number of imidazole rings is 1. The molecule has 0 radical (unpaired) electrons. The number of fused-ring (bicyclic) bond motifs is 1. The monoisotopic (exact) mass is 411 g/mol. The van der Waals surface area contributed by atoms with E-state index in [0.717, 1.165) is 49.2 Å². The summed E-state index contributed by atoms with van der Waals surface area (Å²) >= 11 is 6.15. The average molecular weight is 412 g/mol. The molecule has 29 heavy (non-hydrogen) atoms. The Hall–Kier alpha value is -2.66. The molecule has 0 unspecified atom stereocenters. The third-order valence-electron chi connectivity index (χ3n) is 5.49. The molecule has 4 nitrogen and oxygen atoms in total. The molecule has 2 aromatic carbocycles. The molecule has 0 fully saturated rings. The molecule has 2 heterocycles. The largest absolute Gasteiger partial charge is 0.327 e.